The van der Waals surface area contributed by atoms with Crippen LogP contribution in [0.25, 0.3) is 0 Å². The lowest BCUT2D eigenvalue weighted by Gasteiger charge is -2.55. The number of amides is 1. The molecule has 2 aliphatic carbocycles. The SMILES string of the molecule is Cc1nn([C@H](C)CC(=O)N[C@H]2[C@H]3CCCC[C@@H]3[C@@H]2c2ccccc2)c(C)c1C. The number of aryl methyl sites for hydroxylation is 1. The molecule has 0 saturated heterocycles. The minimum Gasteiger partial charge on any atom is -0.352 e. The molecule has 0 bridgehead atoms. The molecule has 0 aliphatic heterocycles. The molecule has 1 heterocycles. The number of rotatable bonds is 5. The van der Waals surface area contributed by atoms with E-state index >= 15 is 0 Å². The number of aromatic nitrogens is 2. The first-order valence-electron chi connectivity index (χ1n) is 10.8. The minimum absolute atomic E-state index is 0.0739. The molecule has 2 fully saturated rings. The van der Waals surface area contributed by atoms with Gasteiger partial charge >= 0.3 is 0 Å². The number of hydrogen-bond donors (Lipinski definition) is 1. The van der Waals surface area contributed by atoms with Crippen molar-refractivity contribution >= 4 is 5.91 Å². The Bertz CT molecular complexity index is 841. The van der Waals surface area contributed by atoms with Crippen molar-refractivity contribution in [3.8, 4) is 0 Å². The Kier molecular flexibility index (Phi) is 5.31. The first kappa shape index (κ1) is 19.2. The summed E-state index contributed by atoms with van der Waals surface area (Å²) in [4.78, 5) is 12.9. The Hall–Kier alpha value is -2.10. The van der Waals surface area contributed by atoms with Gasteiger partial charge < -0.3 is 5.32 Å². The molecule has 1 amide bonds. The number of nitrogens with zero attached hydrogens (tertiary/aromatic N) is 2. The number of nitrogens with one attached hydrogen (secondary N) is 1. The molecule has 1 N–H and O–H groups in total. The van der Waals surface area contributed by atoms with Gasteiger partial charge in [0.25, 0.3) is 0 Å². The van der Waals surface area contributed by atoms with Gasteiger partial charge in [-0.05, 0) is 63.5 Å². The number of benzene rings is 1. The second-order valence-electron chi connectivity index (χ2n) is 8.94. The summed E-state index contributed by atoms with van der Waals surface area (Å²) in [6, 6.07) is 11.1. The summed E-state index contributed by atoms with van der Waals surface area (Å²) in [6.45, 7) is 8.32. The Labute approximate surface area is 168 Å². The fourth-order valence-corrected chi connectivity index (χ4v) is 5.57. The van der Waals surface area contributed by atoms with E-state index in [1.807, 2.05) is 11.6 Å². The van der Waals surface area contributed by atoms with Gasteiger partial charge in [-0.2, -0.15) is 5.10 Å². The fraction of sp³-hybridized carbons (Fsp3) is 0.583. The lowest BCUT2D eigenvalue weighted by atomic mass is 9.53. The van der Waals surface area contributed by atoms with Crippen LogP contribution in [0.15, 0.2) is 30.3 Å². The minimum atomic E-state index is 0.0739. The highest BCUT2D eigenvalue weighted by molar-refractivity contribution is 5.77. The van der Waals surface area contributed by atoms with Crippen molar-refractivity contribution in [2.75, 3.05) is 0 Å². The summed E-state index contributed by atoms with van der Waals surface area (Å²) in [5.74, 6) is 2.01. The molecule has 2 aromatic rings. The predicted molar refractivity (Wildman–Crippen MR) is 112 cm³/mol. The quantitative estimate of drug-likeness (QED) is 0.807. The van der Waals surface area contributed by atoms with Crippen LogP contribution in [0.5, 0.6) is 0 Å². The van der Waals surface area contributed by atoms with E-state index in [4.69, 9.17) is 0 Å². The van der Waals surface area contributed by atoms with Crippen molar-refractivity contribution in [3.63, 3.8) is 0 Å². The van der Waals surface area contributed by atoms with Gasteiger partial charge in [-0.3, -0.25) is 9.48 Å². The van der Waals surface area contributed by atoms with Crippen molar-refractivity contribution < 1.29 is 4.79 Å². The van der Waals surface area contributed by atoms with Crippen molar-refractivity contribution in [1.82, 2.24) is 15.1 Å². The molecule has 4 nitrogen and oxygen atoms in total. The predicted octanol–water partition coefficient (Wildman–Crippen LogP) is 4.85. The maximum Gasteiger partial charge on any atom is 0.222 e. The van der Waals surface area contributed by atoms with E-state index in [1.54, 1.807) is 0 Å². The number of carbonyl (C=O) groups excluding carboxylic acids is 1. The van der Waals surface area contributed by atoms with Crippen molar-refractivity contribution in [2.24, 2.45) is 11.8 Å². The van der Waals surface area contributed by atoms with Gasteiger partial charge in [0.15, 0.2) is 0 Å². The van der Waals surface area contributed by atoms with E-state index in [0.717, 1.165) is 17.3 Å². The van der Waals surface area contributed by atoms with Crippen LogP contribution in [0.3, 0.4) is 0 Å². The van der Waals surface area contributed by atoms with Crippen LogP contribution in [-0.2, 0) is 4.79 Å². The highest BCUT2D eigenvalue weighted by Crippen LogP contribution is 2.54. The van der Waals surface area contributed by atoms with Crippen LogP contribution >= 0.6 is 0 Å². The average Bonchev–Trinajstić information content (AvgIpc) is 2.95. The summed E-state index contributed by atoms with van der Waals surface area (Å²) in [5.41, 5.74) is 4.83. The van der Waals surface area contributed by atoms with Gasteiger partial charge in [0.1, 0.15) is 0 Å². The molecule has 0 radical (unpaired) electrons. The Balaban J connectivity index is 1.45. The smallest absolute Gasteiger partial charge is 0.222 e. The topological polar surface area (TPSA) is 46.9 Å². The van der Waals surface area contributed by atoms with Crippen molar-refractivity contribution in [2.45, 2.75) is 77.8 Å². The van der Waals surface area contributed by atoms with Crippen LogP contribution in [-0.4, -0.2) is 21.7 Å². The molecular weight excluding hydrogens is 346 g/mol. The summed E-state index contributed by atoms with van der Waals surface area (Å²) in [6.07, 6.45) is 5.68. The average molecular weight is 380 g/mol. The first-order valence-corrected chi connectivity index (χ1v) is 10.8. The number of hydrogen-bond acceptors (Lipinski definition) is 2. The maximum absolute atomic E-state index is 12.9. The summed E-state index contributed by atoms with van der Waals surface area (Å²) in [7, 11) is 0. The third-order valence-corrected chi connectivity index (χ3v) is 7.28. The van der Waals surface area contributed by atoms with Gasteiger partial charge in [-0.1, -0.05) is 43.2 Å². The van der Waals surface area contributed by atoms with Crippen LogP contribution in [0.1, 0.15) is 73.5 Å². The second kappa shape index (κ2) is 7.73. The van der Waals surface area contributed by atoms with E-state index in [2.05, 4.69) is 61.5 Å². The molecule has 5 atom stereocenters. The Morgan fingerprint density at radius 3 is 2.46 bits per heavy atom. The molecule has 28 heavy (non-hydrogen) atoms. The zero-order valence-corrected chi connectivity index (χ0v) is 17.6. The largest absolute Gasteiger partial charge is 0.352 e. The van der Waals surface area contributed by atoms with Crippen LogP contribution < -0.4 is 5.32 Å². The first-order chi connectivity index (χ1) is 13.5. The molecular formula is C24H33N3O. The fourth-order valence-electron chi connectivity index (χ4n) is 5.57. The van der Waals surface area contributed by atoms with E-state index in [0.29, 0.717) is 18.3 Å². The van der Waals surface area contributed by atoms with Gasteiger partial charge in [0.05, 0.1) is 11.7 Å². The van der Waals surface area contributed by atoms with Crippen LogP contribution in [0.4, 0.5) is 0 Å². The summed E-state index contributed by atoms with van der Waals surface area (Å²) in [5, 5.41) is 8.07. The van der Waals surface area contributed by atoms with Crippen LogP contribution in [0.2, 0.25) is 0 Å². The van der Waals surface area contributed by atoms with Gasteiger partial charge in [-0.25, -0.2) is 0 Å². The van der Waals surface area contributed by atoms with Crippen molar-refractivity contribution in [1.29, 1.82) is 0 Å². The third-order valence-electron chi connectivity index (χ3n) is 7.28. The molecule has 2 aliphatic rings. The number of fused-ring (bicyclic) bond motifs is 1. The molecule has 2 saturated carbocycles. The molecule has 1 aromatic carbocycles. The van der Waals surface area contributed by atoms with E-state index in [1.165, 1.54) is 36.8 Å². The number of carbonyl (C=O) groups is 1. The monoisotopic (exact) mass is 379 g/mol. The van der Waals surface area contributed by atoms with Gasteiger partial charge in [0.2, 0.25) is 5.91 Å². The highest BCUT2D eigenvalue weighted by Gasteiger charge is 2.51. The zero-order valence-electron chi connectivity index (χ0n) is 17.6. The standard InChI is InChI=1S/C24H33N3O/c1-15(27-18(4)16(2)17(3)26-27)14-22(28)25-24-21-13-9-8-12-20(21)23(24)19-10-6-5-7-11-19/h5-7,10-11,15,20-21,23-24H,8-9,12-14H2,1-4H3,(H,25,28)/t15-,20+,21+,23+,24+/m1/s1. The van der Waals surface area contributed by atoms with E-state index in [9.17, 15) is 4.79 Å². The lowest BCUT2D eigenvalue weighted by Crippen LogP contribution is -2.59. The summed E-state index contributed by atoms with van der Waals surface area (Å²) < 4.78 is 2.02. The normalized spacial score (nSPS) is 27.6. The van der Waals surface area contributed by atoms with E-state index in [-0.39, 0.29) is 18.0 Å². The van der Waals surface area contributed by atoms with E-state index < -0.39 is 0 Å². The molecule has 0 spiro atoms. The lowest BCUT2D eigenvalue weighted by molar-refractivity contribution is -0.125. The maximum atomic E-state index is 12.9. The Morgan fingerprint density at radius 1 is 1.14 bits per heavy atom. The zero-order chi connectivity index (χ0) is 19.8. The Morgan fingerprint density at radius 2 is 1.82 bits per heavy atom. The molecule has 4 rings (SSSR count). The van der Waals surface area contributed by atoms with Gasteiger partial charge in [-0.15, -0.1) is 0 Å². The summed E-state index contributed by atoms with van der Waals surface area (Å²) >= 11 is 0. The van der Waals surface area contributed by atoms with Gasteiger partial charge in [0, 0.05) is 24.1 Å². The second-order valence-corrected chi connectivity index (χ2v) is 8.94. The highest BCUT2D eigenvalue weighted by atomic mass is 16.1. The molecule has 1 aromatic heterocycles. The molecule has 4 heteroatoms. The van der Waals surface area contributed by atoms with Crippen LogP contribution in [0, 0.1) is 32.6 Å². The molecule has 150 valence electrons. The third kappa shape index (κ3) is 3.38. The van der Waals surface area contributed by atoms with Crippen molar-refractivity contribution in [3.05, 3.63) is 52.8 Å². The molecule has 0 unspecified atom stereocenters.